The van der Waals surface area contributed by atoms with Crippen molar-refractivity contribution in [2.24, 2.45) is 5.73 Å². The van der Waals surface area contributed by atoms with Crippen molar-refractivity contribution in [1.82, 2.24) is 15.5 Å². The molecule has 0 saturated carbocycles. The van der Waals surface area contributed by atoms with Gasteiger partial charge in [-0.3, -0.25) is 4.79 Å². The lowest BCUT2D eigenvalue weighted by Crippen LogP contribution is -2.32. The molecule has 7 heteroatoms. The van der Waals surface area contributed by atoms with Gasteiger partial charge in [-0.05, 0) is 28.5 Å². The van der Waals surface area contributed by atoms with Gasteiger partial charge in [0.1, 0.15) is 0 Å². The molecule has 0 bridgehead atoms. The zero-order chi connectivity index (χ0) is 19.2. The molecule has 3 N–H and O–H groups in total. The van der Waals surface area contributed by atoms with E-state index in [1.165, 1.54) is 5.56 Å². The number of nitrogens with one attached hydrogen (secondary N) is 1. The molecule has 0 aliphatic carbocycles. The molecule has 2 heterocycles. The number of nitrogens with zero attached hydrogens (tertiary/aromatic N) is 2. The van der Waals surface area contributed by atoms with Crippen LogP contribution in [0.4, 0.5) is 0 Å². The maximum absolute atomic E-state index is 12.1. The Morgan fingerprint density at radius 2 is 1.96 bits per heavy atom. The van der Waals surface area contributed by atoms with Gasteiger partial charge in [0.25, 0.3) is 0 Å². The topological polar surface area (TPSA) is 94.0 Å². The molecule has 2 aromatic heterocycles. The highest BCUT2D eigenvalue weighted by atomic mass is 32.1. The molecule has 0 fully saturated rings. The zero-order valence-electron chi connectivity index (χ0n) is 15.5. The Balaban J connectivity index is 1.44. The minimum Gasteiger partial charge on any atom is -0.354 e. The number of aryl methyl sites for hydroxylation is 1. The number of thiophene rings is 1. The summed E-state index contributed by atoms with van der Waals surface area (Å²) in [4.78, 5) is 17.3. The number of hydrogen-bond acceptors (Lipinski definition) is 6. The summed E-state index contributed by atoms with van der Waals surface area (Å²) in [5, 5.41) is 8.77. The van der Waals surface area contributed by atoms with Crippen LogP contribution in [0.15, 0.2) is 46.3 Å². The Morgan fingerprint density at radius 1 is 1.22 bits per heavy atom. The third-order valence-corrected chi connectivity index (χ3v) is 5.19. The molecule has 0 aliphatic heterocycles. The minimum absolute atomic E-state index is 0.0832. The molecule has 0 spiro atoms. The molecule has 3 aromatic rings. The third-order valence-electron chi connectivity index (χ3n) is 4.33. The number of hydrogen-bond donors (Lipinski definition) is 2. The van der Waals surface area contributed by atoms with Gasteiger partial charge in [-0.2, -0.15) is 4.98 Å². The van der Waals surface area contributed by atoms with Crippen molar-refractivity contribution in [2.75, 3.05) is 6.54 Å². The lowest BCUT2D eigenvalue weighted by Gasteiger charge is -2.14. The SMILES string of the molecule is CC(C)c1ccc(C(N)CNC(=O)CCc2nc(-c3cccs3)no2)cc1. The van der Waals surface area contributed by atoms with Gasteiger partial charge in [0, 0.05) is 25.4 Å². The fourth-order valence-corrected chi connectivity index (χ4v) is 3.29. The normalized spacial score (nSPS) is 12.3. The second-order valence-electron chi connectivity index (χ2n) is 6.72. The summed E-state index contributed by atoms with van der Waals surface area (Å²) in [6, 6.07) is 11.9. The van der Waals surface area contributed by atoms with Gasteiger partial charge in [-0.25, -0.2) is 0 Å². The fourth-order valence-electron chi connectivity index (χ4n) is 2.64. The Labute approximate surface area is 162 Å². The van der Waals surface area contributed by atoms with Gasteiger partial charge < -0.3 is 15.6 Å². The van der Waals surface area contributed by atoms with Crippen LogP contribution in [0.2, 0.25) is 0 Å². The van der Waals surface area contributed by atoms with Gasteiger partial charge in [0.15, 0.2) is 0 Å². The van der Waals surface area contributed by atoms with Gasteiger partial charge in [-0.1, -0.05) is 49.3 Å². The van der Waals surface area contributed by atoms with E-state index in [0.717, 1.165) is 10.4 Å². The average Bonchev–Trinajstić information content (AvgIpc) is 3.35. The van der Waals surface area contributed by atoms with Gasteiger partial charge in [-0.15, -0.1) is 11.3 Å². The highest BCUT2D eigenvalue weighted by Crippen LogP contribution is 2.21. The summed E-state index contributed by atoms with van der Waals surface area (Å²) in [7, 11) is 0. The molecule has 0 radical (unpaired) electrons. The van der Waals surface area contributed by atoms with Crippen molar-refractivity contribution in [1.29, 1.82) is 0 Å². The number of aromatic nitrogens is 2. The van der Waals surface area contributed by atoms with E-state index < -0.39 is 0 Å². The molecule has 0 aliphatic rings. The molecule has 142 valence electrons. The Kier molecular flexibility index (Phi) is 6.36. The molecule has 1 aromatic carbocycles. The molecule has 3 rings (SSSR count). The number of amides is 1. The van der Waals surface area contributed by atoms with E-state index >= 15 is 0 Å². The Hall–Kier alpha value is -2.51. The maximum Gasteiger partial charge on any atom is 0.227 e. The minimum atomic E-state index is -0.232. The number of carbonyl (C=O) groups excluding carboxylic acids is 1. The van der Waals surface area contributed by atoms with Crippen LogP contribution >= 0.6 is 11.3 Å². The van der Waals surface area contributed by atoms with E-state index in [2.05, 4.69) is 41.4 Å². The van der Waals surface area contributed by atoms with E-state index in [4.69, 9.17) is 10.3 Å². The lowest BCUT2D eigenvalue weighted by molar-refractivity contribution is -0.121. The predicted octanol–water partition coefficient (Wildman–Crippen LogP) is 3.67. The van der Waals surface area contributed by atoms with E-state index in [-0.39, 0.29) is 18.4 Å². The third kappa shape index (κ3) is 5.24. The van der Waals surface area contributed by atoms with Crippen molar-refractivity contribution < 1.29 is 9.32 Å². The molecular formula is C20H24N4O2S. The Bertz CT molecular complexity index is 857. The highest BCUT2D eigenvalue weighted by Gasteiger charge is 2.13. The van der Waals surface area contributed by atoms with Crippen LogP contribution in [0, 0.1) is 0 Å². The number of rotatable bonds is 8. The molecule has 1 unspecified atom stereocenters. The van der Waals surface area contributed by atoms with Gasteiger partial charge in [0.05, 0.1) is 4.88 Å². The molecule has 1 atom stereocenters. The number of benzene rings is 1. The van der Waals surface area contributed by atoms with E-state index in [0.29, 0.717) is 30.6 Å². The standard InChI is InChI=1S/C20H24N4O2S/c1-13(2)14-5-7-15(8-6-14)16(21)12-22-18(25)9-10-19-23-20(24-26-19)17-4-3-11-27-17/h3-8,11,13,16H,9-10,12,21H2,1-2H3,(H,22,25). The van der Waals surface area contributed by atoms with Crippen molar-refractivity contribution in [3.8, 4) is 10.7 Å². The van der Waals surface area contributed by atoms with Crippen molar-refractivity contribution in [3.05, 3.63) is 58.8 Å². The monoisotopic (exact) mass is 384 g/mol. The van der Waals surface area contributed by atoms with Crippen molar-refractivity contribution in [3.63, 3.8) is 0 Å². The van der Waals surface area contributed by atoms with Crippen LogP contribution in [0.5, 0.6) is 0 Å². The van der Waals surface area contributed by atoms with Crippen molar-refractivity contribution in [2.45, 2.75) is 38.6 Å². The number of nitrogens with two attached hydrogens (primary N) is 1. The first kappa shape index (κ1) is 19.3. The zero-order valence-corrected chi connectivity index (χ0v) is 16.3. The van der Waals surface area contributed by atoms with Gasteiger partial charge >= 0.3 is 0 Å². The second-order valence-corrected chi connectivity index (χ2v) is 7.67. The van der Waals surface area contributed by atoms with E-state index in [1.54, 1.807) is 11.3 Å². The predicted molar refractivity (Wildman–Crippen MR) is 106 cm³/mol. The molecule has 1 amide bonds. The van der Waals surface area contributed by atoms with E-state index in [1.807, 2.05) is 29.6 Å². The summed E-state index contributed by atoms with van der Waals surface area (Å²) in [6.07, 6.45) is 0.688. The largest absolute Gasteiger partial charge is 0.354 e. The van der Waals surface area contributed by atoms with Crippen LogP contribution in [0.25, 0.3) is 10.7 Å². The summed E-state index contributed by atoms with van der Waals surface area (Å²) in [5.74, 6) is 1.43. The molecule has 0 saturated heterocycles. The molecule has 6 nitrogen and oxygen atoms in total. The van der Waals surface area contributed by atoms with Crippen LogP contribution in [0.3, 0.4) is 0 Å². The van der Waals surface area contributed by atoms with Crippen LogP contribution < -0.4 is 11.1 Å². The molecule has 27 heavy (non-hydrogen) atoms. The first-order chi connectivity index (χ1) is 13.0. The summed E-state index contributed by atoms with van der Waals surface area (Å²) in [5.41, 5.74) is 8.47. The number of carbonyl (C=O) groups is 1. The lowest BCUT2D eigenvalue weighted by atomic mass is 9.99. The summed E-state index contributed by atoms with van der Waals surface area (Å²) in [6.45, 7) is 4.70. The first-order valence-electron chi connectivity index (χ1n) is 9.01. The second kappa shape index (κ2) is 8.92. The Morgan fingerprint density at radius 3 is 2.63 bits per heavy atom. The van der Waals surface area contributed by atoms with Crippen molar-refractivity contribution >= 4 is 17.2 Å². The summed E-state index contributed by atoms with van der Waals surface area (Å²) < 4.78 is 5.21. The van der Waals surface area contributed by atoms with Gasteiger partial charge in [0.2, 0.25) is 17.6 Å². The highest BCUT2D eigenvalue weighted by molar-refractivity contribution is 7.13. The quantitative estimate of drug-likeness (QED) is 0.618. The average molecular weight is 385 g/mol. The van der Waals surface area contributed by atoms with Crippen LogP contribution in [-0.4, -0.2) is 22.6 Å². The first-order valence-corrected chi connectivity index (χ1v) is 9.89. The van der Waals surface area contributed by atoms with Crippen LogP contribution in [0.1, 0.15) is 49.2 Å². The summed E-state index contributed by atoms with van der Waals surface area (Å²) >= 11 is 1.55. The molecular weight excluding hydrogens is 360 g/mol. The maximum atomic E-state index is 12.1. The fraction of sp³-hybridized carbons (Fsp3) is 0.350. The van der Waals surface area contributed by atoms with E-state index in [9.17, 15) is 4.79 Å². The smallest absolute Gasteiger partial charge is 0.227 e. The van der Waals surface area contributed by atoms with Crippen LogP contribution in [-0.2, 0) is 11.2 Å².